The van der Waals surface area contributed by atoms with Crippen LogP contribution in [0.3, 0.4) is 0 Å². The molecule has 166 valence electrons. The summed E-state index contributed by atoms with van der Waals surface area (Å²) in [5, 5.41) is 0.761. The smallest absolute Gasteiger partial charge is 0.305 e. The first kappa shape index (κ1) is 26.0. The second-order valence-corrected chi connectivity index (χ2v) is 10.6. The molecule has 1 aliphatic rings. The van der Waals surface area contributed by atoms with Crippen molar-refractivity contribution in [3.8, 4) is 0 Å². The van der Waals surface area contributed by atoms with Crippen LogP contribution in [0.15, 0.2) is 0 Å². The maximum Gasteiger partial charge on any atom is 0.305 e. The molecule has 1 saturated heterocycles. The van der Waals surface area contributed by atoms with Crippen molar-refractivity contribution in [1.82, 2.24) is 0 Å². The first-order valence-electron chi connectivity index (χ1n) is 9.49. The minimum Gasteiger partial charge on any atom is -0.463 e. The number of esters is 1. The molecule has 1 unspecified atom stereocenters. The third-order valence-electron chi connectivity index (χ3n) is 3.64. The van der Waals surface area contributed by atoms with Crippen LogP contribution in [-0.4, -0.2) is 84.5 Å². The first-order valence-corrected chi connectivity index (χ1v) is 13.7. The number of hydrogen-bond donors (Lipinski definition) is 0. The fraction of sp³-hybridized carbons (Fsp3) is 0.941. The van der Waals surface area contributed by atoms with Gasteiger partial charge in [0.1, 0.15) is 6.61 Å². The zero-order valence-corrected chi connectivity index (χ0v) is 18.9. The molecule has 0 aliphatic carbocycles. The van der Waals surface area contributed by atoms with Crippen molar-refractivity contribution in [2.24, 2.45) is 0 Å². The first-order chi connectivity index (χ1) is 13.5. The average Bonchev–Trinajstić information content (AvgIpc) is 3.15. The monoisotopic (exact) mass is 460 g/mol. The molecule has 0 aromatic heterocycles. The molecule has 1 aliphatic heterocycles. The Morgan fingerprint density at radius 2 is 1.54 bits per heavy atom. The highest BCUT2D eigenvalue weighted by Gasteiger charge is 2.15. The topological polar surface area (TPSA) is 97.4 Å². The molecule has 0 N–H and O–H groups in total. The van der Waals surface area contributed by atoms with Crippen molar-refractivity contribution in [3.05, 3.63) is 0 Å². The Labute approximate surface area is 176 Å². The van der Waals surface area contributed by atoms with Crippen LogP contribution in [0.1, 0.15) is 32.1 Å². The van der Waals surface area contributed by atoms with E-state index in [1.807, 2.05) is 21.6 Å². The number of carbonyl (C=O) groups excluding carboxylic acids is 1. The van der Waals surface area contributed by atoms with E-state index < -0.39 is 10.1 Å². The van der Waals surface area contributed by atoms with Gasteiger partial charge in [-0.05, 0) is 19.3 Å². The number of unbranched alkanes of at least 4 members (excludes halogenated alkanes) is 1. The van der Waals surface area contributed by atoms with E-state index in [0.29, 0.717) is 39.5 Å². The van der Waals surface area contributed by atoms with Gasteiger partial charge in [0.2, 0.25) is 0 Å². The Bertz CT molecular complexity index is 495. The molecule has 1 rings (SSSR count). The van der Waals surface area contributed by atoms with Crippen LogP contribution >= 0.6 is 21.6 Å². The Kier molecular flexibility index (Phi) is 15.5. The predicted molar refractivity (Wildman–Crippen MR) is 111 cm³/mol. The lowest BCUT2D eigenvalue weighted by molar-refractivity contribution is -0.145. The van der Waals surface area contributed by atoms with Crippen molar-refractivity contribution >= 4 is 37.7 Å². The van der Waals surface area contributed by atoms with E-state index in [0.717, 1.165) is 24.3 Å². The van der Waals surface area contributed by atoms with E-state index in [4.69, 9.17) is 18.9 Å². The number of hydrogen-bond acceptors (Lipinski definition) is 10. The van der Waals surface area contributed by atoms with E-state index in [9.17, 15) is 13.2 Å². The van der Waals surface area contributed by atoms with Gasteiger partial charge in [0.05, 0.1) is 52.5 Å². The van der Waals surface area contributed by atoms with Gasteiger partial charge in [0, 0.05) is 17.4 Å². The fourth-order valence-corrected chi connectivity index (χ4v) is 5.68. The molecule has 1 atom stereocenters. The second kappa shape index (κ2) is 16.7. The van der Waals surface area contributed by atoms with Gasteiger partial charge in [-0.15, -0.1) is 0 Å². The normalized spacial score (nSPS) is 17.1. The van der Waals surface area contributed by atoms with Crippen molar-refractivity contribution in [1.29, 1.82) is 0 Å². The van der Waals surface area contributed by atoms with Crippen LogP contribution in [0, 0.1) is 0 Å². The van der Waals surface area contributed by atoms with Gasteiger partial charge in [-0.3, -0.25) is 8.98 Å². The zero-order chi connectivity index (χ0) is 20.5. The number of ether oxygens (including phenoxy) is 4. The molecule has 8 nitrogen and oxygen atoms in total. The SMILES string of the molecule is CS(=O)(=O)OCCOCCOCCOCCOC(=O)CCCCC1CCSS1. The van der Waals surface area contributed by atoms with Gasteiger partial charge in [-0.2, -0.15) is 8.42 Å². The van der Waals surface area contributed by atoms with Gasteiger partial charge >= 0.3 is 5.97 Å². The van der Waals surface area contributed by atoms with Crippen LogP contribution in [-0.2, 0) is 38.0 Å². The minimum atomic E-state index is -3.41. The summed E-state index contributed by atoms with van der Waals surface area (Å²) >= 11 is 0. The highest BCUT2D eigenvalue weighted by Crippen LogP contribution is 2.39. The summed E-state index contributed by atoms with van der Waals surface area (Å²) in [5.41, 5.74) is 0. The quantitative estimate of drug-likeness (QED) is 0.131. The van der Waals surface area contributed by atoms with Crippen LogP contribution in [0.5, 0.6) is 0 Å². The van der Waals surface area contributed by atoms with E-state index in [2.05, 4.69) is 4.18 Å². The van der Waals surface area contributed by atoms with Gasteiger partial charge in [0.25, 0.3) is 10.1 Å². The molecular weight excluding hydrogens is 428 g/mol. The molecule has 28 heavy (non-hydrogen) atoms. The molecule has 1 fully saturated rings. The Hall–Kier alpha value is -0.0400. The fourth-order valence-electron chi connectivity index (χ4n) is 2.28. The van der Waals surface area contributed by atoms with Gasteiger partial charge in [-0.25, -0.2) is 0 Å². The van der Waals surface area contributed by atoms with E-state index in [1.165, 1.54) is 18.6 Å². The lowest BCUT2D eigenvalue weighted by atomic mass is 10.1. The van der Waals surface area contributed by atoms with E-state index in [-0.39, 0.29) is 25.8 Å². The zero-order valence-electron chi connectivity index (χ0n) is 16.5. The Balaban J connectivity index is 1.74. The van der Waals surface area contributed by atoms with Crippen LogP contribution in [0.2, 0.25) is 0 Å². The standard InChI is InChI=1S/C17H32O8S3/c1-28(19,20)25-14-12-23-10-8-21-7-9-22-11-13-24-17(18)5-3-2-4-16-6-15-26-27-16/h16H,2-15H2,1H3. The maximum absolute atomic E-state index is 11.6. The molecule has 0 amide bonds. The van der Waals surface area contributed by atoms with Crippen molar-refractivity contribution in [2.45, 2.75) is 37.4 Å². The minimum absolute atomic E-state index is 0.000583. The van der Waals surface area contributed by atoms with E-state index in [1.54, 1.807) is 0 Å². The largest absolute Gasteiger partial charge is 0.463 e. The highest BCUT2D eigenvalue weighted by molar-refractivity contribution is 8.77. The van der Waals surface area contributed by atoms with Gasteiger partial charge < -0.3 is 18.9 Å². The summed E-state index contributed by atoms with van der Waals surface area (Å²) in [6.07, 6.45) is 5.91. The summed E-state index contributed by atoms with van der Waals surface area (Å²) in [6, 6.07) is 0. The van der Waals surface area contributed by atoms with Crippen LogP contribution in [0.25, 0.3) is 0 Å². The number of carbonyl (C=O) groups is 1. The Morgan fingerprint density at radius 1 is 0.929 bits per heavy atom. The summed E-state index contributed by atoms with van der Waals surface area (Å²) < 4.78 is 46.9. The van der Waals surface area contributed by atoms with Crippen molar-refractivity contribution < 1.29 is 36.3 Å². The van der Waals surface area contributed by atoms with E-state index >= 15 is 0 Å². The van der Waals surface area contributed by atoms with Gasteiger partial charge in [-0.1, -0.05) is 28.0 Å². The molecule has 0 aromatic rings. The van der Waals surface area contributed by atoms with Crippen LogP contribution in [0.4, 0.5) is 0 Å². The van der Waals surface area contributed by atoms with Crippen LogP contribution < -0.4 is 0 Å². The maximum atomic E-state index is 11.6. The molecule has 0 aromatic carbocycles. The highest BCUT2D eigenvalue weighted by atomic mass is 33.1. The lowest BCUT2D eigenvalue weighted by Crippen LogP contribution is -2.15. The molecule has 1 heterocycles. The lowest BCUT2D eigenvalue weighted by Gasteiger charge is -2.08. The van der Waals surface area contributed by atoms with Crippen molar-refractivity contribution in [2.75, 3.05) is 64.9 Å². The average molecular weight is 461 g/mol. The van der Waals surface area contributed by atoms with Gasteiger partial charge in [0.15, 0.2) is 0 Å². The summed E-state index contributed by atoms with van der Waals surface area (Å²) in [7, 11) is 0.508. The molecule has 11 heteroatoms. The second-order valence-electron chi connectivity index (χ2n) is 6.16. The summed E-state index contributed by atoms with van der Waals surface area (Å²) in [6.45, 7) is 2.36. The Morgan fingerprint density at radius 3 is 2.11 bits per heavy atom. The van der Waals surface area contributed by atoms with Crippen molar-refractivity contribution in [3.63, 3.8) is 0 Å². The predicted octanol–water partition coefficient (Wildman–Crippen LogP) is 2.27. The molecule has 0 bridgehead atoms. The molecular formula is C17H32O8S3. The molecule has 0 saturated carbocycles. The summed E-state index contributed by atoms with van der Waals surface area (Å²) in [5.74, 6) is 1.09. The molecule has 0 spiro atoms. The third kappa shape index (κ3) is 16.9. The molecule has 0 radical (unpaired) electrons. The third-order valence-corrected chi connectivity index (χ3v) is 7.25. The summed E-state index contributed by atoms with van der Waals surface area (Å²) in [4.78, 5) is 11.6. The number of rotatable bonds is 18.